The normalized spacial score (nSPS) is 11.1. The zero-order chi connectivity index (χ0) is 12.7. The first kappa shape index (κ1) is 13.9. The Hall–Kier alpha value is -1.13. The van der Waals surface area contributed by atoms with E-state index >= 15 is 0 Å². The molecule has 0 aromatic carbocycles. The molecular formula is C13H23N3O. The molecule has 96 valence electrons. The molecule has 0 amide bonds. The van der Waals surface area contributed by atoms with Crippen LogP contribution >= 0.6 is 0 Å². The van der Waals surface area contributed by atoms with Crippen LogP contribution in [0.5, 0.6) is 0 Å². The third kappa shape index (κ3) is 5.15. The van der Waals surface area contributed by atoms with Crippen molar-refractivity contribution in [1.29, 1.82) is 0 Å². The smallest absolute Gasteiger partial charge is 0.0951 e. The van der Waals surface area contributed by atoms with E-state index in [9.17, 15) is 0 Å². The maximum Gasteiger partial charge on any atom is 0.0951 e. The summed E-state index contributed by atoms with van der Waals surface area (Å²) in [6.45, 7) is 13.1. The lowest BCUT2D eigenvalue weighted by atomic mass is 10.3. The zero-order valence-corrected chi connectivity index (χ0v) is 11.1. The van der Waals surface area contributed by atoms with Crippen LogP contribution in [0, 0.1) is 0 Å². The number of imidazole rings is 1. The quantitative estimate of drug-likeness (QED) is 0.556. The second-order valence-electron chi connectivity index (χ2n) is 4.57. The Morgan fingerprint density at radius 1 is 1.59 bits per heavy atom. The molecule has 0 saturated carbocycles. The van der Waals surface area contributed by atoms with Crippen LogP contribution in [0.3, 0.4) is 0 Å². The van der Waals surface area contributed by atoms with Gasteiger partial charge in [0.2, 0.25) is 0 Å². The Kier molecular flexibility index (Phi) is 5.94. The lowest BCUT2D eigenvalue weighted by molar-refractivity contribution is 0.157. The van der Waals surface area contributed by atoms with Crippen LogP contribution in [-0.4, -0.2) is 29.3 Å². The highest BCUT2D eigenvalue weighted by Crippen LogP contribution is 2.07. The highest BCUT2D eigenvalue weighted by Gasteiger charge is 2.03. The first-order chi connectivity index (χ1) is 8.11. The van der Waals surface area contributed by atoms with Crippen LogP contribution < -0.4 is 5.32 Å². The molecule has 0 aliphatic heterocycles. The average molecular weight is 237 g/mol. The van der Waals surface area contributed by atoms with Crippen LogP contribution in [0.25, 0.3) is 0 Å². The van der Waals surface area contributed by atoms with Crippen molar-refractivity contribution >= 4 is 0 Å². The first-order valence-electron chi connectivity index (χ1n) is 6.04. The molecule has 1 aromatic heterocycles. The van der Waals surface area contributed by atoms with E-state index in [1.165, 1.54) is 5.69 Å². The molecule has 0 radical (unpaired) electrons. The van der Waals surface area contributed by atoms with Gasteiger partial charge in [-0.05, 0) is 20.8 Å². The molecule has 1 N–H and O–H groups in total. The Labute approximate surface area is 104 Å². The van der Waals surface area contributed by atoms with Crippen molar-refractivity contribution in [3.63, 3.8) is 0 Å². The summed E-state index contributed by atoms with van der Waals surface area (Å²) in [5.74, 6) is 0. The van der Waals surface area contributed by atoms with Gasteiger partial charge in [0.05, 0.1) is 25.2 Å². The molecule has 0 aliphatic rings. The monoisotopic (exact) mass is 237 g/mol. The number of hydrogen-bond donors (Lipinski definition) is 1. The predicted octanol–water partition coefficient (Wildman–Crippen LogP) is 2.15. The minimum Gasteiger partial charge on any atom is -0.376 e. The molecule has 0 saturated heterocycles. The Morgan fingerprint density at radius 3 is 3.00 bits per heavy atom. The lowest BCUT2D eigenvalue weighted by Crippen LogP contribution is -2.21. The molecule has 4 heteroatoms. The van der Waals surface area contributed by atoms with E-state index in [-0.39, 0.29) is 0 Å². The number of aromatic nitrogens is 2. The fourth-order valence-corrected chi connectivity index (χ4v) is 1.54. The van der Waals surface area contributed by atoms with Crippen molar-refractivity contribution in [1.82, 2.24) is 14.9 Å². The van der Waals surface area contributed by atoms with Crippen molar-refractivity contribution in [3.8, 4) is 0 Å². The summed E-state index contributed by atoms with van der Waals surface area (Å²) >= 11 is 0. The van der Waals surface area contributed by atoms with Crippen LogP contribution in [0.15, 0.2) is 24.7 Å². The van der Waals surface area contributed by atoms with Gasteiger partial charge in [-0.25, -0.2) is 4.98 Å². The van der Waals surface area contributed by atoms with E-state index in [1.54, 1.807) is 0 Å². The van der Waals surface area contributed by atoms with E-state index in [1.807, 2.05) is 19.4 Å². The zero-order valence-electron chi connectivity index (χ0n) is 11.1. The van der Waals surface area contributed by atoms with Gasteiger partial charge in [-0.1, -0.05) is 12.2 Å². The fraction of sp³-hybridized carbons (Fsp3) is 0.615. The van der Waals surface area contributed by atoms with Crippen molar-refractivity contribution in [2.45, 2.75) is 33.4 Å². The molecule has 17 heavy (non-hydrogen) atoms. The minimum absolute atomic E-state index is 0.453. The molecule has 1 rings (SSSR count). The highest BCUT2D eigenvalue weighted by molar-refractivity contribution is 4.99. The summed E-state index contributed by atoms with van der Waals surface area (Å²) in [6.07, 6.45) is 3.78. The first-order valence-corrected chi connectivity index (χ1v) is 6.04. The highest BCUT2D eigenvalue weighted by atomic mass is 16.5. The lowest BCUT2D eigenvalue weighted by Gasteiger charge is -2.12. The number of nitrogens with one attached hydrogen (secondary N) is 1. The Morgan fingerprint density at radius 2 is 2.35 bits per heavy atom. The summed E-state index contributed by atoms with van der Waals surface area (Å²) in [5, 5.41) is 3.34. The number of nitrogens with zero attached hydrogens (tertiary/aromatic N) is 2. The van der Waals surface area contributed by atoms with E-state index in [2.05, 4.69) is 35.3 Å². The van der Waals surface area contributed by atoms with Gasteiger partial charge in [-0.15, -0.1) is 0 Å². The van der Waals surface area contributed by atoms with Crippen LogP contribution in [0.4, 0.5) is 0 Å². The van der Waals surface area contributed by atoms with Crippen molar-refractivity contribution in [3.05, 3.63) is 30.4 Å². The fourth-order valence-electron chi connectivity index (χ4n) is 1.54. The minimum atomic E-state index is 0.453. The van der Waals surface area contributed by atoms with Gasteiger partial charge in [-0.3, -0.25) is 0 Å². The van der Waals surface area contributed by atoms with Crippen LogP contribution in [0.2, 0.25) is 0 Å². The standard InChI is InChI=1S/C13H23N3O/c1-11(2)9-17-6-5-14-7-13-8-15-10-16(13)12(3)4/h8,10,12,14H,1,5-7,9H2,2-4H3. The molecule has 0 bridgehead atoms. The molecular weight excluding hydrogens is 214 g/mol. The van der Waals surface area contributed by atoms with Gasteiger partial charge in [0.25, 0.3) is 0 Å². The molecule has 1 heterocycles. The van der Waals surface area contributed by atoms with Crippen molar-refractivity contribution < 1.29 is 4.74 Å². The van der Waals surface area contributed by atoms with E-state index in [0.717, 1.165) is 18.7 Å². The number of hydrogen-bond acceptors (Lipinski definition) is 3. The van der Waals surface area contributed by atoms with Gasteiger partial charge in [0, 0.05) is 25.3 Å². The topological polar surface area (TPSA) is 39.1 Å². The van der Waals surface area contributed by atoms with Gasteiger partial charge < -0.3 is 14.6 Å². The Balaban J connectivity index is 2.18. The molecule has 0 spiro atoms. The maximum atomic E-state index is 5.41. The van der Waals surface area contributed by atoms with E-state index < -0.39 is 0 Å². The average Bonchev–Trinajstić information content (AvgIpc) is 2.71. The molecule has 0 aliphatic carbocycles. The second-order valence-corrected chi connectivity index (χ2v) is 4.57. The second kappa shape index (κ2) is 7.25. The molecule has 0 fully saturated rings. The third-order valence-electron chi connectivity index (χ3n) is 2.38. The summed E-state index contributed by atoms with van der Waals surface area (Å²) < 4.78 is 7.58. The van der Waals surface area contributed by atoms with Gasteiger partial charge in [0.15, 0.2) is 0 Å². The number of rotatable bonds is 8. The van der Waals surface area contributed by atoms with Gasteiger partial charge >= 0.3 is 0 Å². The molecule has 0 atom stereocenters. The summed E-state index contributed by atoms with van der Waals surface area (Å²) in [4.78, 5) is 4.16. The summed E-state index contributed by atoms with van der Waals surface area (Å²) in [7, 11) is 0. The van der Waals surface area contributed by atoms with E-state index in [4.69, 9.17) is 4.74 Å². The van der Waals surface area contributed by atoms with Gasteiger partial charge in [-0.2, -0.15) is 0 Å². The van der Waals surface area contributed by atoms with Crippen LogP contribution in [-0.2, 0) is 11.3 Å². The Bertz CT molecular complexity index is 344. The summed E-state index contributed by atoms with van der Waals surface area (Å²) in [5.41, 5.74) is 2.27. The van der Waals surface area contributed by atoms with Crippen LogP contribution in [0.1, 0.15) is 32.5 Å². The maximum absolute atomic E-state index is 5.41. The SMILES string of the molecule is C=C(C)COCCNCc1cncn1C(C)C. The molecule has 0 unspecified atom stereocenters. The predicted molar refractivity (Wildman–Crippen MR) is 70.0 cm³/mol. The third-order valence-corrected chi connectivity index (χ3v) is 2.38. The van der Waals surface area contributed by atoms with E-state index in [0.29, 0.717) is 19.3 Å². The van der Waals surface area contributed by atoms with Crippen molar-refractivity contribution in [2.24, 2.45) is 0 Å². The largest absolute Gasteiger partial charge is 0.376 e. The molecule has 1 aromatic rings. The molecule has 4 nitrogen and oxygen atoms in total. The number of ether oxygens (including phenoxy) is 1. The summed E-state index contributed by atoms with van der Waals surface area (Å²) in [6, 6.07) is 0.453. The van der Waals surface area contributed by atoms with Gasteiger partial charge in [0.1, 0.15) is 0 Å². The van der Waals surface area contributed by atoms with Crippen molar-refractivity contribution in [2.75, 3.05) is 19.8 Å².